The zero-order valence-corrected chi connectivity index (χ0v) is 15.7. The minimum atomic E-state index is -0.564. The Kier molecular flexibility index (Phi) is 6.06. The monoisotopic (exact) mass is 379 g/mol. The first-order valence-electron chi connectivity index (χ1n) is 8.76. The van der Waals surface area contributed by atoms with Crippen molar-refractivity contribution in [1.82, 2.24) is 15.3 Å². The number of carbonyl (C=O) groups excluding carboxylic acids is 1. The first-order valence-corrected chi connectivity index (χ1v) is 8.76. The number of rotatable bonds is 7. The molecular formula is C21H21N3O4. The van der Waals surface area contributed by atoms with Crippen LogP contribution in [0.1, 0.15) is 16.1 Å². The number of amides is 1. The fourth-order valence-corrected chi connectivity index (χ4v) is 2.79. The van der Waals surface area contributed by atoms with Gasteiger partial charge in [0.1, 0.15) is 5.69 Å². The summed E-state index contributed by atoms with van der Waals surface area (Å²) in [6.45, 7) is 0.402. The highest BCUT2D eigenvalue weighted by Gasteiger charge is 2.11. The molecule has 1 aromatic heterocycles. The molecule has 144 valence electrons. The van der Waals surface area contributed by atoms with Gasteiger partial charge in [0.05, 0.1) is 19.9 Å². The Hall–Kier alpha value is -3.61. The van der Waals surface area contributed by atoms with Crippen LogP contribution in [0.2, 0.25) is 0 Å². The first-order chi connectivity index (χ1) is 13.6. The van der Waals surface area contributed by atoms with E-state index in [9.17, 15) is 9.59 Å². The van der Waals surface area contributed by atoms with Crippen molar-refractivity contribution in [2.75, 3.05) is 20.8 Å². The zero-order valence-electron chi connectivity index (χ0n) is 15.7. The largest absolute Gasteiger partial charge is 0.493 e. The van der Waals surface area contributed by atoms with Gasteiger partial charge in [0, 0.05) is 12.1 Å². The maximum absolute atomic E-state index is 12.4. The number of methoxy groups -OCH3 is 2. The number of aromatic amines is 1. The molecule has 7 nitrogen and oxygen atoms in total. The van der Waals surface area contributed by atoms with Crippen molar-refractivity contribution in [3.05, 3.63) is 76.3 Å². The number of carbonyl (C=O) groups is 1. The summed E-state index contributed by atoms with van der Waals surface area (Å²) in [5.41, 5.74) is 1.83. The third kappa shape index (κ3) is 4.56. The van der Waals surface area contributed by atoms with Crippen molar-refractivity contribution in [3.8, 4) is 22.8 Å². The van der Waals surface area contributed by atoms with Crippen LogP contribution >= 0.6 is 0 Å². The summed E-state index contributed by atoms with van der Waals surface area (Å²) in [6.07, 6.45) is 0.604. The van der Waals surface area contributed by atoms with E-state index in [-0.39, 0.29) is 11.6 Å². The second-order valence-corrected chi connectivity index (χ2v) is 6.05. The molecule has 7 heteroatoms. The molecule has 0 atom stereocenters. The van der Waals surface area contributed by atoms with Gasteiger partial charge in [-0.25, -0.2) is 4.79 Å². The lowest BCUT2D eigenvalue weighted by Crippen LogP contribution is -2.29. The Morgan fingerprint density at radius 2 is 1.79 bits per heavy atom. The summed E-state index contributed by atoms with van der Waals surface area (Å²) in [7, 11) is 3.16. The molecule has 2 N–H and O–H groups in total. The van der Waals surface area contributed by atoms with Crippen molar-refractivity contribution in [2.24, 2.45) is 0 Å². The van der Waals surface area contributed by atoms with Crippen LogP contribution in [-0.4, -0.2) is 36.6 Å². The summed E-state index contributed by atoms with van der Waals surface area (Å²) in [5.74, 6) is 0.924. The van der Waals surface area contributed by atoms with Crippen LogP contribution in [0.15, 0.2) is 59.4 Å². The van der Waals surface area contributed by atoms with Crippen molar-refractivity contribution in [2.45, 2.75) is 6.42 Å². The van der Waals surface area contributed by atoms with E-state index >= 15 is 0 Å². The molecular weight excluding hydrogens is 358 g/mol. The summed E-state index contributed by atoms with van der Waals surface area (Å²) in [6, 6.07) is 16.4. The van der Waals surface area contributed by atoms with Gasteiger partial charge in [-0.05, 0) is 30.2 Å². The molecule has 0 aliphatic rings. The molecule has 0 aliphatic carbocycles. The molecule has 0 radical (unpaired) electrons. The Bertz CT molecular complexity index is 1020. The van der Waals surface area contributed by atoms with Crippen LogP contribution in [0, 0.1) is 0 Å². The molecule has 0 spiro atoms. The van der Waals surface area contributed by atoms with E-state index < -0.39 is 5.69 Å². The molecule has 0 fully saturated rings. The van der Waals surface area contributed by atoms with Gasteiger partial charge < -0.3 is 19.8 Å². The average Bonchev–Trinajstić information content (AvgIpc) is 2.73. The van der Waals surface area contributed by atoms with E-state index in [1.807, 2.05) is 48.5 Å². The average molecular weight is 379 g/mol. The van der Waals surface area contributed by atoms with Crippen molar-refractivity contribution < 1.29 is 14.3 Å². The van der Waals surface area contributed by atoms with Crippen LogP contribution < -0.4 is 20.5 Å². The van der Waals surface area contributed by atoms with Gasteiger partial charge in [-0.3, -0.25) is 4.79 Å². The lowest BCUT2D eigenvalue weighted by Gasteiger charge is -2.10. The summed E-state index contributed by atoms with van der Waals surface area (Å²) >= 11 is 0. The van der Waals surface area contributed by atoms with Crippen molar-refractivity contribution >= 4 is 5.91 Å². The smallest absolute Gasteiger partial charge is 0.346 e. The van der Waals surface area contributed by atoms with E-state index in [1.54, 1.807) is 20.3 Å². The molecule has 3 rings (SSSR count). The van der Waals surface area contributed by atoms with Gasteiger partial charge >= 0.3 is 5.69 Å². The molecule has 0 saturated carbocycles. The van der Waals surface area contributed by atoms with E-state index in [1.165, 1.54) is 0 Å². The molecule has 0 saturated heterocycles. The van der Waals surface area contributed by atoms with Gasteiger partial charge in [-0.15, -0.1) is 0 Å². The number of aromatic nitrogens is 2. The molecule has 0 aliphatic heterocycles. The number of benzene rings is 2. The zero-order chi connectivity index (χ0) is 19.9. The van der Waals surface area contributed by atoms with E-state index in [2.05, 4.69) is 15.3 Å². The van der Waals surface area contributed by atoms with Crippen molar-refractivity contribution in [3.63, 3.8) is 0 Å². The maximum atomic E-state index is 12.4. The number of hydrogen-bond donors (Lipinski definition) is 2. The molecule has 28 heavy (non-hydrogen) atoms. The predicted octanol–water partition coefficient (Wildman–Crippen LogP) is 2.43. The quantitative estimate of drug-likeness (QED) is 0.658. The normalized spacial score (nSPS) is 10.4. The molecule has 3 aromatic rings. The highest BCUT2D eigenvalue weighted by Crippen LogP contribution is 2.27. The van der Waals surface area contributed by atoms with Gasteiger partial charge in [-0.1, -0.05) is 36.4 Å². The lowest BCUT2D eigenvalue weighted by molar-refractivity contribution is 0.0948. The second-order valence-electron chi connectivity index (χ2n) is 6.05. The third-order valence-electron chi connectivity index (χ3n) is 4.21. The van der Waals surface area contributed by atoms with E-state index in [0.29, 0.717) is 30.2 Å². The topological polar surface area (TPSA) is 93.3 Å². The van der Waals surface area contributed by atoms with E-state index in [4.69, 9.17) is 9.47 Å². The number of hydrogen-bond acceptors (Lipinski definition) is 5. The fourth-order valence-electron chi connectivity index (χ4n) is 2.79. The minimum absolute atomic E-state index is 0.172. The second kappa shape index (κ2) is 8.85. The minimum Gasteiger partial charge on any atom is -0.493 e. The van der Waals surface area contributed by atoms with Crippen LogP contribution in [0.4, 0.5) is 0 Å². The van der Waals surface area contributed by atoms with Gasteiger partial charge in [-0.2, -0.15) is 4.98 Å². The SMILES string of the molecule is COc1ccc(CCNC(=O)c2cc(-c3ccccc3)nc(=O)[nH]2)cc1OC. The number of nitrogens with zero attached hydrogens (tertiary/aromatic N) is 1. The van der Waals surface area contributed by atoms with Gasteiger partial charge in [0.15, 0.2) is 11.5 Å². The maximum Gasteiger partial charge on any atom is 0.346 e. The Morgan fingerprint density at radius 1 is 1.04 bits per heavy atom. The van der Waals surface area contributed by atoms with Crippen LogP contribution in [0.25, 0.3) is 11.3 Å². The van der Waals surface area contributed by atoms with Crippen LogP contribution in [0.3, 0.4) is 0 Å². The lowest BCUT2D eigenvalue weighted by atomic mass is 10.1. The Balaban J connectivity index is 1.67. The number of ether oxygens (including phenoxy) is 2. The van der Waals surface area contributed by atoms with Crippen LogP contribution in [-0.2, 0) is 6.42 Å². The summed E-state index contributed by atoms with van der Waals surface area (Å²) < 4.78 is 10.5. The van der Waals surface area contributed by atoms with Crippen LogP contribution in [0.5, 0.6) is 11.5 Å². The van der Waals surface area contributed by atoms with E-state index in [0.717, 1.165) is 11.1 Å². The molecule has 1 amide bonds. The number of nitrogens with one attached hydrogen (secondary N) is 2. The third-order valence-corrected chi connectivity index (χ3v) is 4.21. The molecule has 2 aromatic carbocycles. The Labute approximate surface area is 162 Å². The summed E-state index contributed by atoms with van der Waals surface area (Å²) in [5, 5.41) is 2.81. The summed E-state index contributed by atoms with van der Waals surface area (Å²) in [4.78, 5) is 30.7. The molecule has 0 bridgehead atoms. The van der Waals surface area contributed by atoms with Gasteiger partial charge in [0.25, 0.3) is 5.91 Å². The highest BCUT2D eigenvalue weighted by atomic mass is 16.5. The predicted molar refractivity (Wildman–Crippen MR) is 106 cm³/mol. The molecule has 0 unspecified atom stereocenters. The van der Waals surface area contributed by atoms with Crippen molar-refractivity contribution in [1.29, 1.82) is 0 Å². The first kappa shape index (κ1) is 19.2. The van der Waals surface area contributed by atoms with Gasteiger partial charge in [0.2, 0.25) is 0 Å². The highest BCUT2D eigenvalue weighted by molar-refractivity contribution is 5.93. The standard InChI is InChI=1S/C21H21N3O4/c1-27-18-9-8-14(12-19(18)28-2)10-11-22-20(25)17-13-16(23-21(26)24-17)15-6-4-3-5-7-15/h3-9,12-13H,10-11H2,1-2H3,(H,22,25)(H,23,24,26). The number of H-pyrrole nitrogens is 1. The Morgan fingerprint density at radius 3 is 2.50 bits per heavy atom. The molecule has 1 heterocycles. The fraction of sp³-hybridized carbons (Fsp3) is 0.190.